The first kappa shape index (κ1) is 16.9. The van der Waals surface area contributed by atoms with Gasteiger partial charge in [-0.25, -0.2) is 4.68 Å². The fraction of sp³-hybridized carbons (Fsp3) is 0.353. The van der Waals surface area contributed by atoms with Gasteiger partial charge in [-0.15, -0.1) is 6.58 Å². The molecule has 2 rings (SSSR count). The number of amides is 1. The molecule has 0 bridgehead atoms. The number of hydrogen-bond donors (Lipinski definition) is 1. The summed E-state index contributed by atoms with van der Waals surface area (Å²) in [6, 6.07) is 6.78. The van der Waals surface area contributed by atoms with E-state index in [0.717, 1.165) is 0 Å². The predicted octanol–water partition coefficient (Wildman–Crippen LogP) is 1.60. The number of fused-ring (bicyclic) bond motifs is 1. The number of carbonyl (C=O) groups is 1. The molecule has 1 amide bonds. The van der Waals surface area contributed by atoms with Gasteiger partial charge < -0.3 is 10.0 Å². The summed E-state index contributed by atoms with van der Waals surface area (Å²) in [7, 11) is 0. The first-order valence-electron chi connectivity index (χ1n) is 7.53. The van der Waals surface area contributed by atoms with Crippen LogP contribution >= 0.6 is 0 Å². The summed E-state index contributed by atoms with van der Waals surface area (Å²) < 4.78 is 1.32. The maximum atomic E-state index is 12.8. The van der Waals surface area contributed by atoms with Crippen LogP contribution in [0.4, 0.5) is 0 Å². The Kier molecular flexibility index (Phi) is 5.28. The maximum Gasteiger partial charge on any atom is 0.275 e. The van der Waals surface area contributed by atoms with Gasteiger partial charge in [0.15, 0.2) is 5.69 Å². The van der Waals surface area contributed by atoms with Gasteiger partial charge in [0.2, 0.25) is 0 Å². The predicted molar refractivity (Wildman–Crippen MR) is 89.6 cm³/mol. The highest BCUT2D eigenvalue weighted by molar-refractivity contribution is 6.04. The minimum atomic E-state index is -0.329. The van der Waals surface area contributed by atoms with E-state index in [4.69, 9.17) is 5.11 Å². The maximum absolute atomic E-state index is 12.8. The molecule has 1 N–H and O–H groups in total. The van der Waals surface area contributed by atoms with E-state index >= 15 is 0 Å². The van der Waals surface area contributed by atoms with Crippen LogP contribution in [0.25, 0.3) is 10.8 Å². The average molecular weight is 315 g/mol. The van der Waals surface area contributed by atoms with Crippen LogP contribution in [0.3, 0.4) is 0 Å². The monoisotopic (exact) mass is 315 g/mol. The second kappa shape index (κ2) is 7.19. The van der Waals surface area contributed by atoms with E-state index in [1.54, 1.807) is 30.3 Å². The minimum absolute atomic E-state index is 0.151. The van der Waals surface area contributed by atoms with Crippen LogP contribution in [0, 0.1) is 0 Å². The summed E-state index contributed by atoms with van der Waals surface area (Å²) in [5.41, 5.74) is -0.00576. The van der Waals surface area contributed by atoms with Gasteiger partial charge in [0, 0.05) is 18.5 Å². The Morgan fingerprint density at radius 2 is 2.04 bits per heavy atom. The molecule has 6 nitrogen and oxygen atoms in total. The molecule has 0 atom stereocenters. The fourth-order valence-electron chi connectivity index (χ4n) is 2.42. The van der Waals surface area contributed by atoms with Crippen molar-refractivity contribution in [1.82, 2.24) is 14.7 Å². The Balaban J connectivity index is 2.67. The van der Waals surface area contributed by atoms with Crippen molar-refractivity contribution in [2.75, 3.05) is 19.7 Å². The number of hydrogen-bond acceptors (Lipinski definition) is 4. The molecule has 0 unspecified atom stereocenters. The molecule has 0 fully saturated rings. The molecule has 0 spiro atoms. The van der Waals surface area contributed by atoms with Gasteiger partial charge in [0.05, 0.1) is 18.0 Å². The molecular weight excluding hydrogens is 294 g/mol. The molecule has 0 aliphatic heterocycles. The lowest BCUT2D eigenvalue weighted by Crippen LogP contribution is -2.36. The lowest BCUT2D eigenvalue weighted by molar-refractivity contribution is 0.0736. The van der Waals surface area contributed by atoms with Crippen LogP contribution in [-0.4, -0.2) is 45.4 Å². The van der Waals surface area contributed by atoms with Crippen molar-refractivity contribution in [3.8, 4) is 0 Å². The Morgan fingerprint density at radius 1 is 1.39 bits per heavy atom. The molecule has 1 aromatic heterocycles. The van der Waals surface area contributed by atoms with E-state index in [2.05, 4.69) is 11.7 Å². The molecule has 1 heterocycles. The van der Waals surface area contributed by atoms with Gasteiger partial charge in [-0.1, -0.05) is 24.3 Å². The molecule has 23 heavy (non-hydrogen) atoms. The number of nitrogens with zero attached hydrogens (tertiary/aromatic N) is 3. The second-order valence-electron chi connectivity index (χ2n) is 5.50. The number of rotatable bonds is 6. The third kappa shape index (κ3) is 3.32. The van der Waals surface area contributed by atoms with Crippen LogP contribution < -0.4 is 5.56 Å². The zero-order valence-corrected chi connectivity index (χ0v) is 13.4. The van der Waals surface area contributed by atoms with Gasteiger partial charge in [0.1, 0.15) is 0 Å². The van der Waals surface area contributed by atoms with Crippen molar-refractivity contribution in [2.45, 2.75) is 19.9 Å². The van der Waals surface area contributed by atoms with Crippen molar-refractivity contribution in [3.05, 3.63) is 53.0 Å². The Hall–Kier alpha value is -2.47. The van der Waals surface area contributed by atoms with Crippen LogP contribution in [0.5, 0.6) is 0 Å². The summed E-state index contributed by atoms with van der Waals surface area (Å²) >= 11 is 0. The van der Waals surface area contributed by atoms with Crippen molar-refractivity contribution in [1.29, 1.82) is 0 Å². The lowest BCUT2D eigenvalue weighted by atomic mass is 10.1. The third-order valence-electron chi connectivity index (χ3n) is 3.53. The Labute approximate surface area is 134 Å². The van der Waals surface area contributed by atoms with E-state index in [1.165, 1.54) is 9.58 Å². The zero-order chi connectivity index (χ0) is 17.0. The Bertz CT molecular complexity index is 780. The van der Waals surface area contributed by atoms with E-state index in [0.29, 0.717) is 17.3 Å². The molecule has 0 aliphatic rings. The summed E-state index contributed by atoms with van der Waals surface area (Å²) in [4.78, 5) is 26.8. The fourth-order valence-corrected chi connectivity index (χ4v) is 2.42. The quantitative estimate of drug-likeness (QED) is 0.822. The van der Waals surface area contributed by atoms with Crippen molar-refractivity contribution in [2.24, 2.45) is 0 Å². The van der Waals surface area contributed by atoms with Crippen LogP contribution in [0.1, 0.15) is 30.4 Å². The molecule has 0 saturated heterocycles. The van der Waals surface area contributed by atoms with E-state index < -0.39 is 0 Å². The van der Waals surface area contributed by atoms with Crippen LogP contribution in [0.15, 0.2) is 41.7 Å². The summed E-state index contributed by atoms with van der Waals surface area (Å²) in [5.74, 6) is -0.329. The smallest absolute Gasteiger partial charge is 0.275 e. The van der Waals surface area contributed by atoms with Crippen LogP contribution in [-0.2, 0) is 0 Å². The molecule has 0 saturated carbocycles. The first-order chi connectivity index (χ1) is 11.0. The molecule has 0 aliphatic carbocycles. The highest BCUT2D eigenvalue weighted by atomic mass is 16.3. The zero-order valence-electron chi connectivity index (χ0n) is 13.4. The van der Waals surface area contributed by atoms with Gasteiger partial charge >= 0.3 is 0 Å². The SMILES string of the molecule is C=CCN(CCO)C(=O)c1nn(C(C)C)c(=O)c2ccccc12. The number of aliphatic hydroxyl groups excluding tert-OH is 1. The number of carbonyl (C=O) groups excluding carboxylic acids is 1. The minimum Gasteiger partial charge on any atom is -0.395 e. The second-order valence-corrected chi connectivity index (χ2v) is 5.50. The van der Waals surface area contributed by atoms with E-state index in [9.17, 15) is 9.59 Å². The Morgan fingerprint density at radius 3 is 2.61 bits per heavy atom. The van der Waals surface area contributed by atoms with Crippen molar-refractivity contribution < 1.29 is 9.90 Å². The van der Waals surface area contributed by atoms with E-state index in [1.807, 2.05) is 13.8 Å². The summed E-state index contributed by atoms with van der Waals surface area (Å²) in [5, 5.41) is 14.4. The number of aromatic nitrogens is 2. The number of aliphatic hydroxyl groups is 1. The topological polar surface area (TPSA) is 75.4 Å². The lowest BCUT2D eigenvalue weighted by Gasteiger charge is -2.21. The summed E-state index contributed by atoms with van der Waals surface area (Å²) in [6.07, 6.45) is 1.59. The standard InChI is InChI=1S/C17H21N3O3/c1-4-9-19(10-11-21)17(23)15-13-7-5-6-8-14(13)16(22)20(18-15)12(2)3/h4-8,12,21H,1,9-11H2,2-3H3. The third-order valence-corrected chi connectivity index (χ3v) is 3.53. The first-order valence-corrected chi connectivity index (χ1v) is 7.53. The molecule has 1 aromatic carbocycles. The van der Waals surface area contributed by atoms with Crippen molar-refractivity contribution in [3.63, 3.8) is 0 Å². The average Bonchev–Trinajstić information content (AvgIpc) is 2.54. The normalized spacial score (nSPS) is 11.0. The highest BCUT2D eigenvalue weighted by Gasteiger charge is 2.21. The molecule has 2 aromatic rings. The van der Waals surface area contributed by atoms with Gasteiger partial charge in [-0.2, -0.15) is 5.10 Å². The van der Waals surface area contributed by atoms with Gasteiger partial charge in [-0.05, 0) is 19.9 Å². The largest absolute Gasteiger partial charge is 0.395 e. The molecule has 6 heteroatoms. The van der Waals surface area contributed by atoms with Crippen LogP contribution in [0.2, 0.25) is 0 Å². The van der Waals surface area contributed by atoms with Gasteiger partial charge in [0.25, 0.3) is 11.5 Å². The molecular formula is C17H21N3O3. The molecule has 0 radical (unpaired) electrons. The van der Waals surface area contributed by atoms with E-state index in [-0.39, 0.29) is 36.4 Å². The van der Waals surface area contributed by atoms with Crippen molar-refractivity contribution >= 4 is 16.7 Å². The highest BCUT2D eigenvalue weighted by Crippen LogP contribution is 2.16. The molecule has 122 valence electrons. The summed E-state index contributed by atoms with van der Waals surface area (Å²) in [6.45, 7) is 7.64. The van der Waals surface area contributed by atoms with Gasteiger partial charge in [-0.3, -0.25) is 9.59 Å². The number of benzene rings is 1.